The van der Waals surface area contributed by atoms with Crippen LogP contribution in [0.25, 0.3) is 22.2 Å². The highest BCUT2D eigenvalue weighted by Crippen LogP contribution is 2.30. The molecule has 1 aromatic carbocycles. The van der Waals surface area contributed by atoms with E-state index in [1.807, 2.05) is 39.5 Å². The van der Waals surface area contributed by atoms with Crippen molar-refractivity contribution >= 4 is 16.9 Å². The quantitative estimate of drug-likeness (QED) is 0.769. The van der Waals surface area contributed by atoms with E-state index in [1.54, 1.807) is 0 Å². The zero-order valence-corrected chi connectivity index (χ0v) is 16.4. The lowest BCUT2D eigenvalue weighted by molar-refractivity contribution is -0.140. The first-order chi connectivity index (χ1) is 12.8. The fourth-order valence-electron chi connectivity index (χ4n) is 4.06. The van der Waals surface area contributed by atoms with Gasteiger partial charge < -0.3 is 9.47 Å². The minimum absolute atomic E-state index is 0.248. The van der Waals surface area contributed by atoms with Crippen LogP contribution in [-0.4, -0.2) is 43.1 Å². The number of H-pyrrole nitrogens is 1. The van der Waals surface area contributed by atoms with Gasteiger partial charge in [-0.25, -0.2) is 4.98 Å². The molecule has 1 amide bonds. The summed E-state index contributed by atoms with van der Waals surface area (Å²) in [6.45, 7) is 9.86. The Morgan fingerprint density at radius 3 is 2.81 bits per heavy atom. The molecule has 3 heterocycles. The third-order valence-electron chi connectivity index (χ3n) is 5.47. The van der Waals surface area contributed by atoms with E-state index in [2.05, 4.69) is 49.8 Å². The standard InChI is InChI=1S/C21H27N5O/c1-14-7-15(12-26(14)20(27)21(2,3)4)11-25-13-22-18-8-16(5-6-19(18)25)17-9-23-24-10-17/h5-6,8-10,13-15H,7,11-12H2,1-4H3,(H,23,24)/t14-,15?/m1/s1. The van der Waals surface area contributed by atoms with E-state index in [0.717, 1.165) is 41.7 Å². The van der Waals surface area contributed by atoms with Crippen molar-refractivity contribution in [3.8, 4) is 11.1 Å². The highest BCUT2D eigenvalue weighted by Gasteiger charge is 2.37. The maximum absolute atomic E-state index is 12.7. The zero-order valence-electron chi connectivity index (χ0n) is 16.4. The van der Waals surface area contributed by atoms with Gasteiger partial charge in [0.2, 0.25) is 5.91 Å². The van der Waals surface area contributed by atoms with Crippen LogP contribution in [0, 0.1) is 11.3 Å². The predicted octanol–water partition coefficient (Wildman–Crippen LogP) is 3.71. The molecular formula is C21H27N5O. The second-order valence-electron chi connectivity index (χ2n) is 8.75. The SMILES string of the molecule is C[C@@H]1CC(Cn2cnc3cc(-c4cn[nH]c4)ccc32)CN1C(=O)C(C)(C)C. The molecule has 1 saturated heterocycles. The second kappa shape index (κ2) is 6.51. The number of aromatic nitrogens is 4. The summed E-state index contributed by atoms with van der Waals surface area (Å²) in [5.74, 6) is 0.704. The summed E-state index contributed by atoms with van der Waals surface area (Å²) in [5, 5.41) is 6.86. The molecule has 2 aromatic heterocycles. The molecule has 0 radical (unpaired) electrons. The summed E-state index contributed by atoms with van der Waals surface area (Å²) in [5.41, 5.74) is 3.97. The van der Waals surface area contributed by atoms with E-state index < -0.39 is 0 Å². The van der Waals surface area contributed by atoms with Crippen molar-refractivity contribution in [1.82, 2.24) is 24.6 Å². The van der Waals surface area contributed by atoms with E-state index in [4.69, 9.17) is 0 Å². The number of likely N-dealkylation sites (tertiary alicyclic amines) is 1. The Bertz CT molecular complexity index is 951. The van der Waals surface area contributed by atoms with Crippen LogP contribution in [0.2, 0.25) is 0 Å². The molecule has 1 aliphatic heterocycles. The van der Waals surface area contributed by atoms with Crippen LogP contribution >= 0.6 is 0 Å². The number of fused-ring (bicyclic) bond motifs is 1. The molecule has 1 unspecified atom stereocenters. The molecule has 0 saturated carbocycles. The summed E-state index contributed by atoms with van der Waals surface area (Å²) in [6.07, 6.45) is 6.66. The Balaban J connectivity index is 1.52. The zero-order chi connectivity index (χ0) is 19.2. The van der Waals surface area contributed by atoms with Gasteiger partial charge in [-0.1, -0.05) is 26.8 Å². The van der Waals surface area contributed by atoms with Crippen LogP contribution in [0.3, 0.4) is 0 Å². The summed E-state index contributed by atoms with van der Waals surface area (Å²) in [7, 11) is 0. The lowest BCUT2D eigenvalue weighted by Crippen LogP contribution is -2.41. The van der Waals surface area contributed by atoms with Crippen molar-refractivity contribution in [2.75, 3.05) is 6.54 Å². The van der Waals surface area contributed by atoms with Gasteiger partial charge in [0.15, 0.2) is 0 Å². The number of carbonyl (C=O) groups is 1. The van der Waals surface area contributed by atoms with Gasteiger partial charge in [-0.3, -0.25) is 9.89 Å². The van der Waals surface area contributed by atoms with Crippen LogP contribution in [0.1, 0.15) is 34.1 Å². The molecule has 1 aliphatic rings. The lowest BCUT2D eigenvalue weighted by atomic mass is 9.94. The molecule has 0 bridgehead atoms. The fourth-order valence-corrected chi connectivity index (χ4v) is 4.06. The van der Waals surface area contributed by atoms with E-state index >= 15 is 0 Å². The molecule has 2 atom stereocenters. The molecular weight excluding hydrogens is 338 g/mol. The first-order valence-electron chi connectivity index (χ1n) is 9.58. The first-order valence-corrected chi connectivity index (χ1v) is 9.58. The average Bonchev–Trinajstić information content (AvgIpc) is 3.34. The van der Waals surface area contributed by atoms with Crippen LogP contribution in [-0.2, 0) is 11.3 Å². The summed E-state index contributed by atoms with van der Waals surface area (Å²) in [4.78, 5) is 19.3. The summed E-state index contributed by atoms with van der Waals surface area (Å²) < 4.78 is 2.22. The van der Waals surface area contributed by atoms with E-state index in [1.165, 1.54) is 0 Å². The van der Waals surface area contributed by atoms with Crippen LogP contribution in [0.4, 0.5) is 0 Å². The Morgan fingerprint density at radius 1 is 1.30 bits per heavy atom. The van der Waals surface area contributed by atoms with Crippen molar-refractivity contribution in [3.05, 3.63) is 36.9 Å². The topological polar surface area (TPSA) is 66.8 Å². The molecule has 0 spiro atoms. The van der Waals surface area contributed by atoms with Crippen molar-refractivity contribution in [1.29, 1.82) is 0 Å². The summed E-state index contributed by atoms with van der Waals surface area (Å²) in [6, 6.07) is 6.63. The van der Waals surface area contributed by atoms with Crippen molar-refractivity contribution in [2.45, 2.75) is 46.7 Å². The first kappa shape index (κ1) is 17.8. The lowest BCUT2D eigenvalue weighted by Gasteiger charge is -2.29. The molecule has 6 nitrogen and oxygen atoms in total. The van der Waals surface area contributed by atoms with Crippen molar-refractivity contribution < 1.29 is 4.79 Å². The molecule has 1 N–H and O–H groups in total. The van der Waals surface area contributed by atoms with Crippen molar-refractivity contribution in [2.24, 2.45) is 11.3 Å². The molecule has 142 valence electrons. The third-order valence-corrected chi connectivity index (χ3v) is 5.47. The third kappa shape index (κ3) is 3.36. The van der Waals surface area contributed by atoms with E-state index in [9.17, 15) is 4.79 Å². The summed E-state index contributed by atoms with van der Waals surface area (Å²) >= 11 is 0. The number of rotatable bonds is 3. The fraction of sp³-hybridized carbons (Fsp3) is 0.476. The number of aromatic amines is 1. The van der Waals surface area contributed by atoms with Gasteiger partial charge in [-0.2, -0.15) is 5.10 Å². The van der Waals surface area contributed by atoms with Gasteiger partial charge in [-0.15, -0.1) is 0 Å². The Kier molecular flexibility index (Phi) is 4.29. The number of hydrogen-bond donors (Lipinski definition) is 1. The van der Waals surface area contributed by atoms with Gasteiger partial charge in [0.25, 0.3) is 0 Å². The smallest absolute Gasteiger partial charge is 0.228 e. The van der Waals surface area contributed by atoms with E-state index in [0.29, 0.717) is 12.0 Å². The van der Waals surface area contributed by atoms with Crippen LogP contribution in [0.15, 0.2) is 36.9 Å². The van der Waals surface area contributed by atoms with Gasteiger partial charge in [-0.05, 0) is 37.0 Å². The number of imidazole rings is 1. The Hall–Kier alpha value is -2.63. The number of nitrogens with one attached hydrogen (secondary N) is 1. The van der Waals surface area contributed by atoms with Crippen molar-refractivity contribution in [3.63, 3.8) is 0 Å². The van der Waals surface area contributed by atoms with E-state index in [-0.39, 0.29) is 11.3 Å². The minimum Gasteiger partial charge on any atom is -0.339 e. The second-order valence-corrected chi connectivity index (χ2v) is 8.75. The molecule has 0 aliphatic carbocycles. The van der Waals surface area contributed by atoms with Gasteiger partial charge in [0, 0.05) is 36.3 Å². The Labute approximate surface area is 159 Å². The van der Waals surface area contributed by atoms with Gasteiger partial charge in [0.1, 0.15) is 0 Å². The number of nitrogens with zero attached hydrogens (tertiary/aromatic N) is 4. The normalized spacial score (nSPS) is 20.5. The van der Waals surface area contributed by atoms with Crippen LogP contribution in [0.5, 0.6) is 0 Å². The number of carbonyl (C=O) groups excluding carboxylic acids is 1. The minimum atomic E-state index is -0.325. The maximum Gasteiger partial charge on any atom is 0.228 e. The largest absolute Gasteiger partial charge is 0.339 e. The molecule has 27 heavy (non-hydrogen) atoms. The number of benzene rings is 1. The average molecular weight is 365 g/mol. The number of amides is 1. The highest BCUT2D eigenvalue weighted by atomic mass is 16.2. The molecule has 4 rings (SSSR count). The number of hydrogen-bond acceptors (Lipinski definition) is 3. The monoisotopic (exact) mass is 365 g/mol. The van der Waals surface area contributed by atoms with Gasteiger partial charge >= 0.3 is 0 Å². The van der Waals surface area contributed by atoms with Crippen LogP contribution < -0.4 is 0 Å². The highest BCUT2D eigenvalue weighted by molar-refractivity contribution is 5.82. The maximum atomic E-state index is 12.7. The molecule has 1 fully saturated rings. The Morgan fingerprint density at radius 2 is 2.11 bits per heavy atom. The molecule has 6 heteroatoms. The van der Waals surface area contributed by atoms with Gasteiger partial charge in [0.05, 0.1) is 23.6 Å². The molecule has 3 aromatic rings. The predicted molar refractivity (Wildman–Crippen MR) is 106 cm³/mol.